The Labute approximate surface area is 194 Å². The van der Waals surface area contributed by atoms with Crippen molar-refractivity contribution in [3.05, 3.63) is 89.4 Å². The molecule has 0 unspecified atom stereocenters. The van der Waals surface area contributed by atoms with E-state index in [1.165, 1.54) is 0 Å². The second-order valence-corrected chi connectivity index (χ2v) is 8.31. The highest BCUT2D eigenvalue weighted by molar-refractivity contribution is 6.00. The normalized spacial score (nSPS) is 15.3. The van der Waals surface area contributed by atoms with Crippen LogP contribution in [0.4, 0.5) is 0 Å². The number of aromatic nitrogens is 3. The van der Waals surface area contributed by atoms with Crippen molar-refractivity contribution >= 4 is 16.8 Å². The van der Waals surface area contributed by atoms with E-state index in [9.17, 15) is 9.90 Å². The third-order valence-electron chi connectivity index (χ3n) is 6.40. The molecular formula is C26H22N4O4. The lowest BCUT2D eigenvalue weighted by Gasteiger charge is -2.26. The van der Waals surface area contributed by atoms with E-state index in [2.05, 4.69) is 15.2 Å². The molecule has 170 valence electrons. The Hall–Kier alpha value is -4.46. The van der Waals surface area contributed by atoms with Gasteiger partial charge in [-0.3, -0.25) is 9.89 Å². The van der Waals surface area contributed by atoms with Gasteiger partial charge < -0.3 is 24.1 Å². The summed E-state index contributed by atoms with van der Waals surface area (Å²) >= 11 is 0. The number of nitrogens with zero attached hydrogens (tertiary/aromatic N) is 2. The average Bonchev–Trinajstić information content (AvgIpc) is 3.63. The van der Waals surface area contributed by atoms with E-state index in [0.29, 0.717) is 30.1 Å². The number of aromatic amines is 2. The molecule has 1 atom stereocenters. The van der Waals surface area contributed by atoms with E-state index in [1.807, 2.05) is 41.4 Å². The first-order valence-electron chi connectivity index (χ1n) is 11.0. The van der Waals surface area contributed by atoms with Crippen LogP contribution in [-0.4, -0.2) is 44.7 Å². The Kier molecular flexibility index (Phi) is 4.65. The smallest absolute Gasteiger partial charge is 0.275 e. The van der Waals surface area contributed by atoms with Crippen molar-refractivity contribution in [3.63, 3.8) is 0 Å². The number of rotatable bonds is 6. The number of aromatic hydroxyl groups is 1. The number of furan rings is 1. The predicted octanol–water partition coefficient (Wildman–Crippen LogP) is 4.65. The molecule has 8 nitrogen and oxygen atoms in total. The Morgan fingerprint density at radius 1 is 1.18 bits per heavy atom. The van der Waals surface area contributed by atoms with Crippen LogP contribution in [0.25, 0.3) is 22.4 Å². The van der Waals surface area contributed by atoms with Gasteiger partial charge in [0.1, 0.15) is 17.2 Å². The maximum absolute atomic E-state index is 13.5. The van der Waals surface area contributed by atoms with Crippen LogP contribution in [0.15, 0.2) is 71.5 Å². The Morgan fingerprint density at radius 3 is 2.88 bits per heavy atom. The molecule has 0 radical (unpaired) electrons. The largest absolute Gasteiger partial charge is 0.508 e. The van der Waals surface area contributed by atoms with Crippen LogP contribution >= 0.6 is 0 Å². The summed E-state index contributed by atoms with van der Waals surface area (Å²) in [6.45, 7) is 0.470. The summed E-state index contributed by atoms with van der Waals surface area (Å²) in [4.78, 5) is 18.6. The van der Waals surface area contributed by atoms with Crippen LogP contribution in [0.5, 0.6) is 11.5 Å². The molecule has 1 aliphatic rings. The highest BCUT2D eigenvalue weighted by Gasteiger charge is 2.42. The lowest BCUT2D eigenvalue weighted by molar-refractivity contribution is 0.0745. The van der Waals surface area contributed by atoms with Gasteiger partial charge in [0, 0.05) is 29.2 Å². The van der Waals surface area contributed by atoms with Gasteiger partial charge in [0.15, 0.2) is 11.5 Å². The van der Waals surface area contributed by atoms with Crippen LogP contribution in [0, 0.1) is 0 Å². The number of hydrogen-bond acceptors (Lipinski definition) is 5. The number of carbonyl (C=O) groups excluding carboxylic acids is 1. The predicted molar refractivity (Wildman–Crippen MR) is 126 cm³/mol. The lowest BCUT2D eigenvalue weighted by Crippen LogP contribution is -2.31. The summed E-state index contributed by atoms with van der Waals surface area (Å²) in [6, 6.07) is 16.1. The number of carbonyl (C=O) groups is 1. The molecule has 0 saturated heterocycles. The van der Waals surface area contributed by atoms with Gasteiger partial charge in [0.2, 0.25) is 0 Å². The molecule has 0 spiro atoms. The van der Waals surface area contributed by atoms with Gasteiger partial charge in [0.25, 0.3) is 5.91 Å². The fourth-order valence-corrected chi connectivity index (χ4v) is 4.80. The third-order valence-corrected chi connectivity index (χ3v) is 6.40. The van der Waals surface area contributed by atoms with Crippen LogP contribution in [0.2, 0.25) is 0 Å². The second-order valence-electron chi connectivity index (χ2n) is 8.31. The van der Waals surface area contributed by atoms with Gasteiger partial charge in [-0.15, -0.1) is 0 Å². The number of H-pyrrole nitrogens is 2. The molecule has 1 aliphatic heterocycles. The second kappa shape index (κ2) is 7.84. The molecule has 1 amide bonds. The fraction of sp³-hybridized carbons (Fsp3) is 0.154. The van der Waals surface area contributed by atoms with Crippen LogP contribution in [0.3, 0.4) is 0 Å². The number of ether oxygens (including phenoxy) is 1. The van der Waals surface area contributed by atoms with Crippen LogP contribution in [0.1, 0.15) is 33.2 Å². The molecule has 4 heterocycles. The number of nitrogens with one attached hydrogen (secondary N) is 2. The van der Waals surface area contributed by atoms with E-state index in [0.717, 1.165) is 33.3 Å². The van der Waals surface area contributed by atoms with E-state index >= 15 is 0 Å². The minimum absolute atomic E-state index is 0.144. The van der Waals surface area contributed by atoms with E-state index in [1.54, 1.807) is 37.6 Å². The zero-order valence-electron chi connectivity index (χ0n) is 18.4. The van der Waals surface area contributed by atoms with Gasteiger partial charge in [-0.05, 0) is 60.0 Å². The van der Waals surface area contributed by atoms with Crippen molar-refractivity contribution in [2.45, 2.75) is 12.5 Å². The van der Waals surface area contributed by atoms with Crippen molar-refractivity contribution in [1.29, 1.82) is 0 Å². The quantitative estimate of drug-likeness (QED) is 0.346. The number of hydrogen-bond donors (Lipinski definition) is 3. The zero-order chi connectivity index (χ0) is 23.2. The van der Waals surface area contributed by atoms with E-state index in [-0.39, 0.29) is 11.7 Å². The summed E-state index contributed by atoms with van der Waals surface area (Å²) in [7, 11) is 1.65. The lowest BCUT2D eigenvalue weighted by atomic mass is 9.97. The summed E-state index contributed by atoms with van der Waals surface area (Å²) in [5, 5.41) is 18.5. The molecule has 0 saturated carbocycles. The molecule has 2 aromatic carbocycles. The summed E-state index contributed by atoms with van der Waals surface area (Å²) < 4.78 is 11.0. The summed E-state index contributed by atoms with van der Waals surface area (Å²) in [5.41, 5.74) is 4.71. The average molecular weight is 454 g/mol. The van der Waals surface area contributed by atoms with Crippen molar-refractivity contribution in [3.8, 4) is 23.0 Å². The van der Waals surface area contributed by atoms with Crippen LogP contribution < -0.4 is 4.74 Å². The molecule has 34 heavy (non-hydrogen) atoms. The number of methoxy groups -OCH3 is 1. The number of amides is 1. The molecule has 8 heteroatoms. The summed E-state index contributed by atoms with van der Waals surface area (Å²) in [6.07, 6.45) is 4.20. The molecule has 3 N–H and O–H groups in total. The van der Waals surface area contributed by atoms with Crippen molar-refractivity contribution < 1.29 is 19.1 Å². The molecule has 5 aromatic rings. The standard InChI is InChI=1S/C26H22N4O4/c1-33-18-7-8-20-19(13-18)16(14-27-20)9-10-30-25(15-4-2-5-17(31)12-15)22-23(21-6-3-11-34-21)28-29-24(22)26(30)32/h2-8,11-14,25,27,31H,9-10H2,1H3,(H,28,29)/t25-/m1/s1. The van der Waals surface area contributed by atoms with Crippen molar-refractivity contribution in [2.75, 3.05) is 13.7 Å². The minimum Gasteiger partial charge on any atom is -0.508 e. The Bertz CT molecular complexity index is 1500. The van der Waals surface area contributed by atoms with Gasteiger partial charge in [-0.1, -0.05) is 12.1 Å². The van der Waals surface area contributed by atoms with Gasteiger partial charge in [0.05, 0.1) is 19.4 Å². The molecule has 6 rings (SSSR count). The third kappa shape index (κ3) is 3.14. The van der Waals surface area contributed by atoms with Gasteiger partial charge in [-0.25, -0.2) is 0 Å². The van der Waals surface area contributed by atoms with E-state index < -0.39 is 6.04 Å². The maximum Gasteiger partial charge on any atom is 0.275 e. The first-order chi connectivity index (χ1) is 16.6. The Morgan fingerprint density at radius 2 is 2.09 bits per heavy atom. The molecule has 3 aromatic heterocycles. The van der Waals surface area contributed by atoms with Crippen molar-refractivity contribution in [2.24, 2.45) is 0 Å². The minimum atomic E-state index is -0.409. The van der Waals surface area contributed by atoms with E-state index in [4.69, 9.17) is 9.15 Å². The number of phenolic OH excluding ortho intramolecular Hbond substituents is 1. The number of fused-ring (bicyclic) bond motifs is 2. The first kappa shape index (κ1) is 20.2. The molecule has 0 bridgehead atoms. The molecule has 0 aliphatic carbocycles. The van der Waals surface area contributed by atoms with Gasteiger partial charge in [-0.2, -0.15) is 5.10 Å². The highest BCUT2D eigenvalue weighted by atomic mass is 16.5. The number of phenols is 1. The van der Waals surface area contributed by atoms with Crippen molar-refractivity contribution in [1.82, 2.24) is 20.1 Å². The topological polar surface area (TPSA) is 107 Å². The first-order valence-corrected chi connectivity index (χ1v) is 11.0. The van der Waals surface area contributed by atoms with Gasteiger partial charge >= 0.3 is 0 Å². The highest BCUT2D eigenvalue weighted by Crippen LogP contribution is 2.43. The molecular weight excluding hydrogens is 432 g/mol. The SMILES string of the molecule is COc1ccc2[nH]cc(CCN3C(=O)c4n[nH]c(-c5ccco5)c4[C@H]3c3cccc(O)c3)c2c1. The summed E-state index contributed by atoms with van der Waals surface area (Å²) in [5.74, 6) is 1.38. The monoisotopic (exact) mass is 454 g/mol. The van der Waals surface area contributed by atoms with Crippen LogP contribution in [-0.2, 0) is 6.42 Å². The number of benzene rings is 2. The maximum atomic E-state index is 13.5. The zero-order valence-corrected chi connectivity index (χ0v) is 18.4. The Balaban J connectivity index is 1.39. The fourth-order valence-electron chi connectivity index (χ4n) is 4.80. The molecule has 0 fully saturated rings.